The molecule has 20 heavy (non-hydrogen) atoms. The van der Waals surface area contributed by atoms with Gasteiger partial charge in [0, 0.05) is 29.7 Å². The number of rotatable bonds is 6. The SMILES string of the molecule is CCN(CCc1c[nH]c2ccc(OC)cc12)C(C)C.Cl. The molecule has 2 rings (SSSR count). The number of halogens is 1. The van der Waals surface area contributed by atoms with Crippen LogP contribution in [0.15, 0.2) is 24.4 Å². The van der Waals surface area contributed by atoms with Crippen molar-refractivity contribution in [1.29, 1.82) is 0 Å². The Bertz CT molecular complexity index is 536. The van der Waals surface area contributed by atoms with Gasteiger partial charge in [-0.05, 0) is 50.6 Å². The van der Waals surface area contributed by atoms with Gasteiger partial charge in [-0.2, -0.15) is 0 Å². The van der Waals surface area contributed by atoms with Crippen molar-refractivity contribution >= 4 is 23.3 Å². The van der Waals surface area contributed by atoms with Gasteiger partial charge in [0.05, 0.1) is 7.11 Å². The first-order valence-electron chi connectivity index (χ1n) is 7.03. The third kappa shape index (κ3) is 3.68. The van der Waals surface area contributed by atoms with Crippen LogP contribution < -0.4 is 4.74 Å². The van der Waals surface area contributed by atoms with E-state index in [-0.39, 0.29) is 12.4 Å². The number of aromatic nitrogens is 1. The van der Waals surface area contributed by atoms with Crippen molar-refractivity contribution in [2.45, 2.75) is 33.2 Å². The molecule has 0 fully saturated rings. The Morgan fingerprint density at radius 3 is 2.65 bits per heavy atom. The van der Waals surface area contributed by atoms with Crippen molar-refractivity contribution in [3.05, 3.63) is 30.0 Å². The van der Waals surface area contributed by atoms with Gasteiger partial charge in [-0.25, -0.2) is 0 Å². The quantitative estimate of drug-likeness (QED) is 0.876. The first-order valence-corrected chi connectivity index (χ1v) is 7.03. The lowest BCUT2D eigenvalue weighted by molar-refractivity contribution is 0.237. The molecule has 0 aliphatic carbocycles. The summed E-state index contributed by atoms with van der Waals surface area (Å²) in [4.78, 5) is 5.82. The second-order valence-corrected chi connectivity index (χ2v) is 5.20. The number of hydrogen-bond acceptors (Lipinski definition) is 2. The van der Waals surface area contributed by atoms with Crippen LogP contribution in [0.25, 0.3) is 10.9 Å². The summed E-state index contributed by atoms with van der Waals surface area (Å²) in [6.07, 6.45) is 3.19. The Hall–Kier alpha value is -1.19. The predicted molar refractivity (Wildman–Crippen MR) is 88.2 cm³/mol. The third-order valence-corrected chi connectivity index (χ3v) is 3.78. The van der Waals surface area contributed by atoms with Crippen molar-refractivity contribution in [2.75, 3.05) is 20.2 Å². The highest BCUT2D eigenvalue weighted by Crippen LogP contribution is 2.24. The van der Waals surface area contributed by atoms with E-state index in [0.29, 0.717) is 6.04 Å². The first-order chi connectivity index (χ1) is 9.15. The molecule has 1 heterocycles. The maximum atomic E-state index is 5.31. The maximum Gasteiger partial charge on any atom is 0.119 e. The molecular formula is C16H25ClN2O. The number of likely N-dealkylation sites (N-methyl/N-ethyl adjacent to an activating group) is 1. The molecule has 1 N–H and O–H groups in total. The first kappa shape index (κ1) is 16.9. The van der Waals surface area contributed by atoms with E-state index < -0.39 is 0 Å². The van der Waals surface area contributed by atoms with Crippen LogP contribution in [-0.4, -0.2) is 36.1 Å². The van der Waals surface area contributed by atoms with Gasteiger partial charge in [0.1, 0.15) is 5.75 Å². The van der Waals surface area contributed by atoms with E-state index in [1.54, 1.807) is 7.11 Å². The molecule has 4 heteroatoms. The molecule has 1 aromatic heterocycles. The number of benzene rings is 1. The molecule has 2 aromatic rings. The molecular weight excluding hydrogens is 272 g/mol. The number of nitrogens with one attached hydrogen (secondary N) is 1. The maximum absolute atomic E-state index is 5.31. The highest BCUT2D eigenvalue weighted by molar-refractivity contribution is 5.85. The lowest BCUT2D eigenvalue weighted by Crippen LogP contribution is -2.32. The normalized spacial score (nSPS) is 11.1. The minimum Gasteiger partial charge on any atom is -0.497 e. The van der Waals surface area contributed by atoms with Gasteiger partial charge >= 0.3 is 0 Å². The average Bonchev–Trinajstić information content (AvgIpc) is 2.81. The van der Waals surface area contributed by atoms with Crippen LogP contribution in [0.3, 0.4) is 0 Å². The van der Waals surface area contributed by atoms with E-state index >= 15 is 0 Å². The zero-order valence-corrected chi connectivity index (χ0v) is 13.6. The van der Waals surface area contributed by atoms with Crippen molar-refractivity contribution in [1.82, 2.24) is 9.88 Å². The Morgan fingerprint density at radius 1 is 1.30 bits per heavy atom. The van der Waals surface area contributed by atoms with Crippen LogP contribution in [0.5, 0.6) is 5.75 Å². The van der Waals surface area contributed by atoms with Crippen LogP contribution >= 0.6 is 12.4 Å². The van der Waals surface area contributed by atoms with Gasteiger partial charge in [-0.3, -0.25) is 0 Å². The van der Waals surface area contributed by atoms with Gasteiger partial charge < -0.3 is 14.6 Å². The highest BCUT2D eigenvalue weighted by atomic mass is 35.5. The number of ether oxygens (including phenoxy) is 1. The highest BCUT2D eigenvalue weighted by Gasteiger charge is 2.09. The summed E-state index contributed by atoms with van der Waals surface area (Å²) < 4.78 is 5.31. The molecule has 0 aliphatic rings. The minimum atomic E-state index is 0. The summed E-state index contributed by atoms with van der Waals surface area (Å²) in [6.45, 7) is 8.92. The molecule has 0 saturated heterocycles. The summed E-state index contributed by atoms with van der Waals surface area (Å²) in [5.74, 6) is 0.921. The second-order valence-electron chi connectivity index (χ2n) is 5.20. The average molecular weight is 297 g/mol. The summed E-state index contributed by atoms with van der Waals surface area (Å²) in [5.41, 5.74) is 2.55. The number of fused-ring (bicyclic) bond motifs is 1. The van der Waals surface area contributed by atoms with Crippen LogP contribution in [0, 0.1) is 0 Å². The third-order valence-electron chi connectivity index (χ3n) is 3.78. The van der Waals surface area contributed by atoms with Crippen molar-refractivity contribution < 1.29 is 4.74 Å². The molecule has 112 valence electrons. The predicted octanol–water partition coefficient (Wildman–Crippen LogP) is 3.87. The molecule has 3 nitrogen and oxygen atoms in total. The van der Waals surface area contributed by atoms with E-state index in [1.807, 2.05) is 6.07 Å². The number of methoxy groups -OCH3 is 1. The second kappa shape index (κ2) is 7.55. The monoisotopic (exact) mass is 296 g/mol. The number of nitrogens with zero attached hydrogens (tertiary/aromatic N) is 1. The van der Waals surface area contributed by atoms with Gasteiger partial charge in [0.25, 0.3) is 0 Å². The Kier molecular flexibility index (Phi) is 6.37. The molecule has 0 radical (unpaired) electrons. The van der Waals surface area contributed by atoms with Crippen molar-refractivity contribution in [2.24, 2.45) is 0 Å². The van der Waals surface area contributed by atoms with E-state index in [2.05, 4.69) is 49.0 Å². The summed E-state index contributed by atoms with van der Waals surface area (Å²) in [7, 11) is 1.71. The van der Waals surface area contributed by atoms with E-state index in [1.165, 1.54) is 16.5 Å². The van der Waals surface area contributed by atoms with Gasteiger partial charge in [0.15, 0.2) is 0 Å². The number of hydrogen-bond donors (Lipinski definition) is 1. The minimum absolute atomic E-state index is 0. The zero-order valence-electron chi connectivity index (χ0n) is 12.8. The topological polar surface area (TPSA) is 28.3 Å². The largest absolute Gasteiger partial charge is 0.497 e. The Balaban J connectivity index is 0.00000200. The van der Waals surface area contributed by atoms with E-state index in [9.17, 15) is 0 Å². The van der Waals surface area contributed by atoms with Gasteiger partial charge in [-0.1, -0.05) is 6.92 Å². The lowest BCUT2D eigenvalue weighted by Gasteiger charge is -2.24. The number of H-pyrrole nitrogens is 1. The summed E-state index contributed by atoms with van der Waals surface area (Å²) in [6, 6.07) is 6.80. The van der Waals surface area contributed by atoms with Crippen LogP contribution in [0.4, 0.5) is 0 Å². The van der Waals surface area contributed by atoms with Crippen molar-refractivity contribution in [3.8, 4) is 5.75 Å². The fourth-order valence-electron chi connectivity index (χ4n) is 2.54. The lowest BCUT2D eigenvalue weighted by atomic mass is 10.1. The van der Waals surface area contributed by atoms with Crippen LogP contribution in [0.2, 0.25) is 0 Å². The van der Waals surface area contributed by atoms with Gasteiger partial charge in [0.2, 0.25) is 0 Å². The molecule has 0 spiro atoms. The number of aromatic amines is 1. The van der Waals surface area contributed by atoms with Gasteiger partial charge in [-0.15, -0.1) is 12.4 Å². The van der Waals surface area contributed by atoms with E-state index in [0.717, 1.165) is 25.3 Å². The zero-order chi connectivity index (χ0) is 13.8. The smallest absolute Gasteiger partial charge is 0.119 e. The summed E-state index contributed by atoms with van der Waals surface area (Å²) in [5, 5.41) is 1.28. The molecule has 0 amide bonds. The molecule has 0 saturated carbocycles. The van der Waals surface area contributed by atoms with Crippen molar-refractivity contribution in [3.63, 3.8) is 0 Å². The van der Waals surface area contributed by atoms with E-state index in [4.69, 9.17) is 4.74 Å². The Morgan fingerprint density at radius 2 is 2.05 bits per heavy atom. The fraction of sp³-hybridized carbons (Fsp3) is 0.500. The molecule has 1 aromatic carbocycles. The van der Waals surface area contributed by atoms with Crippen LogP contribution in [0.1, 0.15) is 26.3 Å². The molecule has 0 unspecified atom stereocenters. The standard InChI is InChI=1S/C16H24N2O.ClH/c1-5-18(12(2)3)9-8-13-11-17-16-7-6-14(19-4)10-15(13)16;/h6-7,10-12,17H,5,8-9H2,1-4H3;1H. The fourth-order valence-corrected chi connectivity index (χ4v) is 2.54. The van der Waals surface area contributed by atoms with Crippen LogP contribution in [-0.2, 0) is 6.42 Å². The molecule has 0 aliphatic heterocycles. The summed E-state index contributed by atoms with van der Waals surface area (Å²) >= 11 is 0. The molecule has 0 bridgehead atoms. The Labute approximate surface area is 127 Å². The molecule has 0 atom stereocenters.